The molecule has 4 rings (SSSR count). The minimum absolute atomic E-state index is 0.0688. The van der Waals surface area contributed by atoms with Crippen molar-refractivity contribution in [3.05, 3.63) is 18.0 Å². The highest BCUT2D eigenvalue weighted by Crippen LogP contribution is 2.54. The van der Waals surface area contributed by atoms with Crippen LogP contribution in [0, 0.1) is 11.8 Å². The topological polar surface area (TPSA) is 108 Å². The molecule has 25 heavy (non-hydrogen) atoms. The van der Waals surface area contributed by atoms with Crippen molar-refractivity contribution < 1.29 is 17.9 Å². The minimum atomic E-state index is -3.46. The van der Waals surface area contributed by atoms with E-state index < -0.39 is 10.2 Å². The molecule has 4 atom stereocenters. The summed E-state index contributed by atoms with van der Waals surface area (Å²) >= 11 is 0. The number of ether oxygens (including phenoxy) is 1. The number of H-pyrrole nitrogens is 1. The van der Waals surface area contributed by atoms with E-state index in [4.69, 9.17) is 4.74 Å². The lowest BCUT2D eigenvalue weighted by atomic mass is 9.74. The number of likely N-dealkylation sites (tertiary alicyclic amines) is 1. The second-order valence-corrected chi connectivity index (χ2v) is 9.29. The molecule has 9 nitrogen and oxygen atoms in total. The zero-order valence-electron chi connectivity index (χ0n) is 14.3. The first kappa shape index (κ1) is 17.0. The van der Waals surface area contributed by atoms with Gasteiger partial charge in [-0.1, -0.05) is 0 Å². The van der Waals surface area contributed by atoms with E-state index >= 15 is 0 Å². The molecule has 1 amide bonds. The molecule has 0 aliphatic carbocycles. The molecule has 2 N–H and O–H groups in total. The van der Waals surface area contributed by atoms with Gasteiger partial charge in [-0.3, -0.25) is 9.89 Å². The maximum absolute atomic E-state index is 12.6. The first-order valence-corrected chi connectivity index (χ1v) is 9.90. The number of aromatic nitrogens is 2. The Bertz CT molecular complexity index is 765. The third-order valence-corrected chi connectivity index (χ3v) is 7.28. The summed E-state index contributed by atoms with van der Waals surface area (Å²) in [4.78, 5) is 14.4. The lowest BCUT2D eigenvalue weighted by Crippen LogP contribution is -2.44. The minimum Gasteiger partial charge on any atom is -0.369 e. The van der Waals surface area contributed by atoms with E-state index in [2.05, 4.69) is 14.9 Å². The number of nitrogens with one attached hydrogen (secondary N) is 2. The van der Waals surface area contributed by atoms with E-state index in [0.29, 0.717) is 25.3 Å². The summed E-state index contributed by atoms with van der Waals surface area (Å²) in [7, 11) is -0.462. The molecule has 3 aliphatic rings. The monoisotopic (exact) mass is 369 g/mol. The van der Waals surface area contributed by atoms with Crippen LogP contribution in [0.1, 0.15) is 23.3 Å². The summed E-state index contributed by atoms with van der Waals surface area (Å²) in [6.07, 6.45) is 3.46. The summed E-state index contributed by atoms with van der Waals surface area (Å²) in [6.45, 7) is 1.48. The molecule has 0 radical (unpaired) electrons. The van der Waals surface area contributed by atoms with Crippen LogP contribution in [0.15, 0.2) is 12.3 Å². The highest BCUT2D eigenvalue weighted by atomic mass is 32.2. The number of rotatable bonds is 5. The van der Waals surface area contributed by atoms with E-state index in [1.807, 2.05) is 0 Å². The van der Waals surface area contributed by atoms with Crippen LogP contribution < -0.4 is 4.72 Å². The van der Waals surface area contributed by atoms with Crippen LogP contribution in [0.25, 0.3) is 0 Å². The molecule has 3 fully saturated rings. The molecule has 2 bridgehead atoms. The number of aromatic amines is 1. The largest absolute Gasteiger partial charge is 0.369 e. The second-order valence-electron chi connectivity index (χ2n) is 7.32. The molecule has 0 aromatic carbocycles. The molecular weight excluding hydrogens is 346 g/mol. The lowest BCUT2D eigenvalue weighted by Gasteiger charge is -2.29. The van der Waals surface area contributed by atoms with Gasteiger partial charge in [-0.2, -0.15) is 17.8 Å². The molecular formula is C15H23N5O4S. The predicted molar refractivity (Wildman–Crippen MR) is 88.9 cm³/mol. The third-order valence-electron chi connectivity index (χ3n) is 5.78. The lowest BCUT2D eigenvalue weighted by molar-refractivity contribution is 0.00318. The van der Waals surface area contributed by atoms with E-state index in [1.165, 1.54) is 18.4 Å². The molecule has 1 aromatic heterocycles. The fourth-order valence-electron chi connectivity index (χ4n) is 4.49. The van der Waals surface area contributed by atoms with E-state index in [0.717, 1.165) is 12.8 Å². The van der Waals surface area contributed by atoms with Crippen LogP contribution in [0.4, 0.5) is 0 Å². The Morgan fingerprint density at radius 3 is 3.04 bits per heavy atom. The predicted octanol–water partition coefficient (Wildman–Crippen LogP) is -0.575. The van der Waals surface area contributed by atoms with Crippen LogP contribution in [0.5, 0.6) is 0 Å². The molecule has 0 saturated carbocycles. The van der Waals surface area contributed by atoms with Gasteiger partial charge >= 0.3 is 0 Å². The Hall–Kier alpha value is -1.49. The first-order chi connectivity index (χ1) is 11.8. The average molecular weight is 369 g/mol. The highest BCUT2D eigenvalue weighted by molar-refractivity contribution is 7.87. The van der Waals surface area contributed by atoms with Crippen LogP contribution >= 0.6 is 0 Å². The van der Waals surface area contributed by atoms with Gasteiger partial charge in [-0.15, -0.1) is 0 Å². The van der Waals surface area contributed by atoms with Gasteiger partial charge < -0.3 is 9.64 Å². The molecule has 4 heterocycles. The maximum atomic E-state index is 12.6. The molecule has 1 aromatic rings. The number of carbonyl (C=O) groups excluding carboxylic acids is 1. The van der Waals surface area contributed by atoms with E-state index in [-0.39, 0.29) is 29.4 Å². The maximum Gasteiger partial charge on any atom is 0.278 e. The normalized spacial score (nSPS) is 34.0. The van der Waals surface area contributed by atoms with Crippen LogP contribution in [-0.4, -0.2) is 79.2 Å². The number of fused-ring (bicyclic) bond motifs is 1. The van der Waals surface area contributed by atoms with Crippen LogP contribution in [0.3, 0.4) is 0 Å². The molecule has 1 spiro atoms. The Morgan fingerprint density at radius 2 is 2.36 bits per heavy atom. The van der Waals surface area contributed by atoms with Crippen molar-refractivity contribution in [1.29, 1.82) is 0 Å². The van der Waals surface area contributed by atoms with Crippen molar-refractivity contribution in [3.8, 4) is 0 Å². The summed E-state index contributed by atoms with van der Waals surface area (Å²) < 4.78 is 34.1. The zero-order valence-corrected chi connectivity index (χ0v) is 15.1. The number of hydrogen-bond acceptors (Lipinski definition) is 5. The van der Waals surface area contributed by atoms with Crippen molar-refractivity contribution in [2.45, 2.75) is 24.5 Å². The van der Waals surface area contributed by atoms with Gasteiger partial charge in [0, 0.05) is 45.2 Å². The van der Waals surface area contributed by atoms with Gasteiger partial charge in [0.1, 0.15) is 5.69 Å². The van der Waals surface area contributed by atoms with Gasteiger partial charge in [-0.25, -0.2) is 4.72 Å². The molecule has 0 unspecified atom stereocenters. The van der Waals surface area contributed by atoms with Gasteiger partial charge in [0.15, 0.2) is 0 Å². The number of nitrogens with zero attached hydrogens (tertiary/aromatic N) is 3. The fraction of sp³-hybridized carbons (Fsp3) is 0.733. The van der Waals surface area contributed by atoms with Gasteiger partial charge in [-0.05, 0) is 18.9 Å². The van der Waals surface area contributed by atoms with Crippen molar-refractivity contribution >= 4 is 16.1 Å². The molecule has 3 saturated heterocycles. The SMILES string of the molecule is CN(C)S(=O)(=O)NC[C@H]1[C@H]2CN(C(=O)c3ccn[nH]3)C[C@]23CC[C@H]1O3. The smallest absolute Gasteiger partial charge is 0.278 e. The van der Waals surface area contributed by atoms with Crippen molar-refractivity contribution in [2.24, 2.45) is 11.8 Å². The highest BCUT2D eigenvalue weighted by Gasteiger charge is 2.63. The van der Waals surface area contributed by atoms with E-state index in [9.17, 15) is 13.2 Å². The zero-order chi connectivity index (χ0) is 17.8. The average Bonchev–Trinajstić information content (AvgIpc) is 3.31. The Balaban J connectivity index is 1.49. The number of amides is 1. The van der Waals surface area contributed by atoms with Gasteiger partial charge in [0.2, 0.25) is 0 Å². The second kappa shape index (κ2) is 5.76. The number of carbonyl (C=O) groups is 1. The number of hydrogen-bond donors (Lipinski definition) is 2. The summed E-state index contributed by atoms with van der Waals surface area (Å²) in [5, 5.41) is 6.55. The fourth-order valence-corrected chi connectivity index (χ4v) is 5.16. The van der Waals surface area contributed by atoms with Gasteiger partial charge in [0.05, 0.1) is 18.2 Å². The Morgan fingerprint density at radius 1 is 1.56 bits per heavy atom. The van der Waals surface area contributed by atoms with Gasteiger partial charge in [0.25, 0.3) is 16.1 Å². The van der Waals surface area contributed by atoms with E-state index in [1.54, 1.807) is 17.2 Å². The molecule has 138 valence electrons. The standard InChI is InChI=1S/C15H23N5O4S/c1-19(2)25(22,23)17-7-10-11-8-20(14(21)12-4-6-16-18-12)9-15(11)5-3-13(10)24-15/h4,6,10-11,13,17H,3,5,7-9H2,1-2H3,(H,16,18)/t10-,11+,13+,15+/m0/s1. The van der Waals surface area contributed by atoms with Crippen LogP contribution in [-0.2, 0) is 14.9 Å². The molecule has 10 heteroatoms. The molecule has 3 aliphatic heterocycles. The quantitative estimate of drug-likeness (QED) is 0.722. The summed E-state index contributed by atoms with van der Waals surface area (Å²) in [5.74, 6) is 0.159. The van der Waals surface area contributed by atoms with Crippen molar-refractivity contribution in [3.63, 3.8) is 0 Å². The van der Waals surface area contributed by atoms with Crippen molar-refractivity contribution in [1.82, 2.24) is 24.1 Å². The third kappa shape index (κ3) is 2.67. The Labute approximate surface area is 146 Å². The Kier molecular flexibility index (Phi) is 3.91. The summed E-state index contributed by atoms with van der Waals surface area (Å²) in [5.41, 5.74) is 0.143. The van der Waals surface area contributed by atoms with Crippen molar-refractivity contribution in [2.75, 3.05) is 33.7 Å². The summed E-state index contributed by atoms with van der Waals surface area (Å²) in [6, 6.07) is 1.66. The van der Waals surface area contributed by atoms with Crippen LogP contribution in [0.2, 0.25) is 0 Å². The first-order valence-electron chi connectivity index (χ1n) is 8.46.